The maximum Gasteiger partial charge on any atom is 0.420 e. The van der Waals surface area contributed by atoms with Crippen LogP contribution in [0.25, 0.3) is 10.9 Å². The number of nitrogens with one attached hydrogen (secondary N) is 1. The molecular formula is C21H17F6NO4. The zero-order chi connectivity index (χ0) is 23.7. The normalized spacial score (nSPS) is 12.2. The highest BCUT2D eigenvalue weighted by Gasteiger charge is 2.43. The second-order valence-corrected chi connectivity index (χ2v) is 6.90. The van der Waals surface area contributed by atoms with Crippen molar-refractivity contribution in [2.24, 2.45) is 0 Å². The van der Waals surface area contributed by atoms with Gasteiger partial charge in [-0.2, -0.15) is 26.3 Å². The van der Waals surface area contributed by atoms with Crippen LogP contribution in [-0.2, 0) is 23.6 Å². The summed E-state index contributed by atoms with van der Waals surface area (Å²) in [7, 11) is 0. The summed E-state index contributed by atoms with van der Waals surface area (Å²) in [5, 5.41) is 9.23. The number of carboxylic acids is 1. The molecule has 0 atom stereocenters. The highest BCUT2D eigenvalue weighted by molar-refractivity contribution is 5.84. The zero-order valence-electron chi connectivity index (χ0n) is 16.5. The van der Waals surface area contributed by atoms with E-state index in [2.05, 4.69) is 9.72 Å². The second-order valence-electron chi connectivity index (χ2n) is 6.90. The quantitative estimate of drug-likeness (QED) is 0.399. The third kappa shape index (κ3) is 5.09. The zero-order valence-corrected chi connectivity index (χ0v) is 16.5. The highest BCUT2D eigenvalue weighted by atomic mass is 19.4. The van der Waals surface area contributed by atoms with Crippen LogP contribution in [0.1, 0.15) is 30.0 Å². The van der Waals surface area contributed by atoms with Crippen LogP contribution in [0.5, 0.6) is 17.2 Å². The molecule has 0 aliphatic rings. The van der Waals surface area contributed by atoms with Crippen LogP contribution in [-0.4, -0.2) is 22.7 Å². The van der Waals surface area contributed by atoms with Gasteiger partial charge in [0.2, 0.25) is 0 Å². The molecule has 0 fully saturated rings. The monoisotopic (exact) mass is 461 g/mol. The van der Waals surface area contributed by atoms with Crippen molar-refractivity contribution < 1.29 is 45.7 Å². The number of H-pyrrole nitrogens is 1. The average molecular weight is 461 g/mol. The van der Waals surface area contributed by atoms with Gasteiger partial charge in [-0.3, -0.25) is 0 Å². The number of carbonyl (C=O) groups is 1. The van der Waals surface area contributed by atoms with Crippen LogP contribution in [0.15, 0.2) is 36.5 Å². The summed E-state index contributed by atoms with van der Waals surface area (Å²) in [5.74, 6) is -4.12. The molecule has 0 saturated heterocycles. The van der Waals surface area contributed by atoms with Crippen molar-refractivity contribution in [3.8, 4) is 17.2 Å². The molecule has 0 aliphatic carbocycles. The minimum atomic E-state index is -5.23. The first kappa shape index (κ1) is 23.3. The Bertz CT molecular complexity index is 1100. The SMILES string of the molecule is CCCc1c[nH]c2ccc(Oc3c(C(F)(F)F)cc(OCC(=O)O)cc3C(F)(F)F)cc12. The van der Waals surface area contributed by atoms with E-state index >= 15 is 0 Å². The highest BCUT2D eigenvalue weighted by Crippen LogP contribution is 2.48. The van der Waals surface area contributed by atoms with Crippen molar-refractivity contribution in [3.63, 3.8) is 0 Å². The number of aliphatic carboxylic acids is 1. The van der Waals surface area contributed by atoms with Gasteiger partial charge in [-0.05, 0) is 42.3 Å². The Balaban J connectivity index is 2.14. The van der Waals surface area contributed by atoms with Gasteiger partial charge in [-0.25, -0.2) is 4.79 Å². The lowest BCUT2D eigenvalue weighted by Gasteiger charge is -2.20. The smallest absolute Gasteiger partial charge is 0.420 e. The summed E-state index contributed by atoms with van der Waals surface area (Å²) in [4.78, 5) is 13.6. The van der Waals surface area contributed by atoms with Gasteiger partial charge >= 0.3 is 18.3 Å². The third-order valence-electron chi connectivity index (χ3n) is 4.51. The van der Waals surface area contributed by atoms with E-state index in [1.54, 1.807) is 6.20 Å². The van der Waals surface area contributed by atoms with Crippen molar-refractivity contribution >= 4 is 16.9 Å². The Kier molecular flexibility index (Phi) is 6.29. The number of aromatic amines is 1. The van der Waals surface area contributed by atoms with E-state index in [0.29, 0.717) is 17.3 Å². The van der Waals surface area contributed by atoms with Gasteiger partial charge in [-0.1, -0.05) is 13.3 Å². The summed E-state index contributed by atoms with van der Waals surface area (Å²) in [5.41, 5.74) is -1.98. The lowest BCUT2D eigenvalue weighted by Crippen LogP contribution is -2.16. The molecule has 3 aromatic rings. The molecule has 5 nitrogen and oxygen atoms in total. The van der Waals surface area contributed by atoms with Crippen molar-refractivity contribution in [1.29, 1.82) is 0 Å². The molecular weight excluding hydrogens is 444 g/mol. The number of halogens is 6. The van der Waals surface area contributed by atoms with Crippen LogP contribution in [0.2, 0.25) is 0 Å². The first-order valence-corrected chi connectivity index (χ1v) is 9.35. The van der Waals surface area contributed by atoms with Crippen LogP contribution < -0.4 is 9.47 Å². The van der Waals surface area contributed by atoms with E-state index in [1.807, 2.05) is 6.92 Å². The van der Waals surface area contributed by atoms with Gasteiger partial charge in [0.15, 0.2) is 12.4 Å². The van der Waals surface area contributed by atoms with Crippen molar-refractivity contribution in [2.75, 3.05) is 6.61 Å². The molecule has 172 valence electrons. The standard InChI is InChI=1S/C21H17F6NO4/c1-2-3-11-9-28-17-5-4-12(6-14(11)17)32-19-15(20(22,23)24)7-13(31-10-18(29)30)8-16(19)21(25,26)27/h4-9,28H,2-3,10H2,1H3,(H,29,30). The Morgan fingerprint density at radius 3 is 2.16 bits per heavy atom. The van der Waals surface area contributed by atoms with E-state index in [4.69, 9.17) is 9.84 Å². The van der Waals surface area contributed by atoms with E-state index in [0.717, 1.165) is 12.0 Å². The van der Waals surface area contributed by atoms with Crippen molar-refractivity contribution in [1.82, 2.24) is 4.98 Å². The minimum Gasteiger partial charge on any atom is -0.482 e. The number of rotatable bonds is 7. The number of alkyl halides is 6. The summed E-state index contributed by atoms with van der Waals surface area (Å²) >= 11 is 0. The Labute approximate surface area is 177 Å². The summed E-state index contributed by atoms with van der Waals surface area (Å²) in [6.45, 7) is 0.817. The lowest BCUT2D eigenvalue weighted by atomic mass is 10.1. The van der Waals surface area contributed by atoms with Gasteiger partial charge in [0.1, 0.15) is 22.6 Å². The summed E-state index contributed by atoms with van der Waals surface area (Å²) in [6, 6.07) is 4.68. The number of hydrogen-bond donors (Lipinski definition) is 2. The first-order chi connectivity index (χ1) is 14.9. The van der Waals surface area contributed by atoms with Gasteiger partial charge in [0.25, 0.3) is 0 Å². The Hall–Kier alpha value is -3.37. The van der Waals surface area contributed by atoms with Gasteiger partial charge in [-0.15, -0.1) is 0 Å². The van der Waals surface area contributed by atoms with Gasteiger partial charge in [0.05, 0.1) is 0 Å². The molecule has 1 aromatic heterocycles. The Morgan fingerprint density at radius 2 is 1.62 bits per heavy atom. The number of hydrogen-bond acceptors (Lipinski definition) is 3. The largest absolute Gasteiger partial charge is 0.482 e. The number of carboxylic acid groups (broad SMARTS) is 1. The van der Waals surface area contributed by atoms with Crippen LogP contribution >= 0.6 is 0 Å². The molecule has 0 bridgehead atoms. The molecule has 3 rings (SSSR count). The molecule has 1 heterocycles. The van der Waals surface area contributed by atoms with Gasteiger partial charge in [0, 0.05) is 17.1 Å². The predicted octanol–water partition coefficient (Wildman–Crippen LogP) is 6.41. The number of ether oxygens (including phenoxy) is 2. The fourth-order valence-electron chi connectivity index (χ4n) is 3.18. The minimum absolute atomic E-state index is 0.218. The molecule has 2 N–H and O–H groups in total. The third-order valence-corrected chi connectivity index (χ3v) is 4.51. The van der Waals surface area contributed by atoms with Crippen molar-refractivity contribution in [2.45, 2.75) is 32.1 Å². The molecule has 2 aromatic carbocycles. The average Bonchev–Trinajstić information content (AvgIpc) is 3.07. The fraction of sp³-hybridized carbons (Fsp3) is 0.286. The lowest BCUT2D eigenvalue weighted by molar-refractivity contribution is -0.145. The molecule has 0 radical (unpaired) electrons. The molecule has 11 heteroatoms. The molecule has 0 amide bonds. The van der Waals surface area contributed by atoms with E-state index in [1.165, 1.54) is 18.2 Å². The molecule has 0 unspecified atom stereocenters. The van der Waals surface area contributed by atoms with Gasteiger partial charge < -0.3 is 19.6 Å². The fourth-order valence-corrected chi connectivity index (χ4v) is 3.18. The van der Waals surface area contributed by atoms with E-state index in [9.17, 15) is 31.1 Å². The topological polar surface area (TPSA) is 71.5 Å². The Morgan fingerprint density at radius 1 is 1.00 bits per heavy atom. The molecule has 0 aliphatic heterocycles. The molecule has 32 heavy (non-hydrogen) atoms. The maximum absolute atomic E-state index is 13.6. The van der Waals surface area contributed by atoms with Crippen LogP contribution in [0.3, 0.4) is 0 Å². The summed E-state index contributed by atoms with van der Waals surface area (Å²) < 4.78 is 91.6. The van der Waals surface area contributed by atoms with Crippen LogP contribution in [0.4, 0.5) is 26.3 Å². The molecule has 0 saturated carbocycles. The maximum atomic E-state index is 13.6. The number of fused-ring (bicyclic) bond motifs is 1. The summed E-state index contributed by atoms with van der Waals surface area (Å²) in [6.07, 6.45) is -7.31. The predicted molar refractivity (Wildman–Crippen MR) is 102 cm³/mol. The number of aryl methyl sites for hydroxylation is 1. The first-order valence-electron chi connectivity index (χ1n) is 9.35. The van der Waals surface area contributed by atoms with E-state index in [-0.39, 0.29) is 17.9 Å². The second kappa shape index (κ2) is 8.64. The van der Waals surface area contributed by atoms with E-state index < -0.39 is 47.6 Å². The van der Waals surface area contributed by atoms with Crippen molar-refractivity contribution in [3.05, 3.63) is 53.2 Å². The number of benzene rings is 2. The number of aromatic nitrogens is 1. The molecule has 0 spiro atoms. The van der Waals surface area contributed by atoms with Crippen LogP contribution in [0, 0.1) is 0 Å².